The molecule has 0 spiro atoms. The molecule has 0 atom stereocenters. The number of rotatable bonds is 7. The lowest BCUT2D eigenvalue weighted by Crippen LogP contribution is -2.36. The van der Waals surface area contributed by atoms with E-state index < -0.39 is 0 Å². The Labute approximate surface area is 157 Å². The molecule has 7 heteroatoms. The minimum Gasteiger partial charge on any atom is -0.484 e. The second kappa shape index (κ2) is 8.55. The maximum atomic E-state index is 5.67. The predicted molar refractivity (Wildman–Crippen MR) is 102 cm³/mol. The average molecular weight is 366 g/mol. The summed E-state index contributed by atoms with van der Waals surface area (Å²) in [5.74, 6) is 1.75. The molecule has 4 rings (SSSR count). The number of nitrogens with zero attached hydrogens (tertiary/aromatic N) is 3. The number of anilines is 2. The Balaban J connectivity index is 1.35. The third-order valence-electron chi connectivity index (χ3n) is 4.30. The quantitative estimate of drug-likeness (QED) is 0.689. The lowest BCUT2D eigenvalue weighted by molar-refractivity contribution is 0.123. The first kappa shape index (κ1) is 17.4. The van der Waals surface area contributed by atoms with Crippen molar-refractivity contribution in [1.29, 1.82) is 0 Å². The van der Waals surface area contributed by atoms with Crippen LogP contribution in [0.5, 0.6) is 5.75 Å². The fraction of sp³-hybridized carbons (Fsp3) is 0.300. The number of hydrogen-bond donors (Lipinski definition) is 1. The van der Waals surface area contributed by atoms with Gasteiger partial charge in [0.1, 0.15) is 5.75 Å². The Morgan fingerprint density at radius 2 is 1.67 bits per heavy atom. The average Bonchev–Trinajstić information content (AvgIpc) is 3.20. The summed E-state index contributed by atoms with van der Waals surface area (Å²) in [5, 5.41) is 11.5. The van der Waals surface area contributed by atoms with Gasteiger partial charge in [0.05, 0.1) is 31.1 Å². The molecule has 0 saturated carbocycles. The lowest BCUT2D eigenvalue weighted by atomic mass is 10.2. The molecule has 3 aromatic rings. The maximum absolute atomic E-state index is 5.67. The SMILES string of the molecule is c1ccc(OCc2nnc(CNc3ccccc3N3CCOCC3)o2)cc1. The molecule has 1 fully saturated rings. The second-order valence-corrected chi connectivity index (χ2v) is 6.16. The van der Waals surface area contributed by atoms with E-state index in [4.69, 9.17) is 13.9 Å². The van der Waals surface area contributed by atoms with Gasteiger partial charge in [-0.05, 0) is 24.3 Å². The number of benzene rings is 2. The third kappa shape index (κ3) is 4.57. The van der Waals surface area contributed by atoms with Crippen molar-refractivity contribution < 1.29 is 13.9 Å². The highest BCUT2D eigenvalue weighted by Crippen LogP contribution is 2.26. The zero-order valence-corrected chi connectivity index (χ0v) is 15.0. The first-order chi connectivity index (χ1) is 13.4. The van der Waals surface area contributed by atoms with Gasteiger partial charge >= 0.3 is 0 Å². The summed E-state index contributed by atoms with van der Waals surface area (Å²) in [6.07, 6.45) is 0. The molecular weight excluding hydrogens is 344 g/mol. The van der Waals surface area contributed by atoms with Crippen LogP contribution in [0.2, 0.25) is 0 Å². The van der Waals surface area contributed by atoms with Crippen LogP contribution in [0.4, 0.5) is 11.4 Å². The highest BCUT2D eigenvalue weighted by atomic mass is 16.5. The van der Waals surface area contributed by atoms with E-state index in [1.807, 2.05) is 42.5 Å². The second-order valence-electron chi connectivity index (χ2n) is 6.16. The molecule has 1 saturated heterocycles. The number of aromatic nitrogens is 2. The summed E-state index contributed by atoms with van der Waals surface area (Å²) in [7, 11) is 0. The fourth-order valence-electron chi connectivity index (χ4n) is 2.95. The van der Waals surface area contributed by atoms with Crippen LogP contribution >= 0.6 is 0 Å². The Morgan fingerprint density at radius 1 is 0.926 bits per heavy atom. The zero-order chi connectivity index (χ0) is 18.3. The number of para-hydroxylation sites is 3. The van der Waals surface area contributed by atoms with E-state index in [1.165, 1.54) is 0 Å². The van der Waals surface area contributed by atoms with Crippen molar-refractivity contribution in [2.45, 2.75) is 13.2 Å². The van der Waals surface area contributed by atoms with Gasteiger partial charge in [-0.25, -0.2) is 0 Å². The zero-order valence-electron chi connectivity index (χ0n) is 15.0. The van der Waals surface area contributed by atoms with Crippen molar-refractivity contribution in [2.24, 2.45) is 0 Å². The van der Waals surface area contributed by atoms with E-state index in [-0.39, 0.29) is 6.61 Å². The fourth-order valence-corrected chi connectivity index (χ4v) is 2.95. The Morgan fingerprint density at radius 3 is 2.52 bits per heavy atom. The van der Waals surface area contributed by atoms with Crippen molar-refractivity contribution in [1.82, 2.24) is 10.2 Å². The molecule has 1 N–H and O–H groups in total. The summed E-state index contributed by atoms with van der Waals surface area (Å²) in [6, 6.07) is 17.8. The monoisotopic (exact) mass is 366 g/mol. The van der Waals surface area contributed by atoms with Crippen LogP contribution in [-0.4, -0.2) is 36.5 Å². The van der Waals surface area contributed by atoms with Crippen LogP contribution in [0.3, 0.4) is 0 Å². The smallest absolute Gasteiger partial charge is 0.253 e. The first-order valence-corrected chi connectivity index (χ1v) is 9.03. The topological polar surface area (TPSA) is 72.7 Å². The third-order valence-corrected chi connectivity index (χ3v) is 4.30. The highest BCUT2D eigenvalue weighted by molar-refractivity contribution is 5.70. The minimum atomic E-state index is 0.251. The van der Waals surface area contributed by atoms with Crippen LogP contribution in [0.15, 0.2) is 59.0 Å². The summed E-state index contributed by atoms with van der Waals surface area (Å²) >= 11 is 0. The van der Waals surface area contributed by atoms with Crippen LogP contribution in [-0.2, 0) is 17.9 Å². The van der Waals surface area contributed by atoms with Crippen molar-refractivity contribution in [2.75, 3.05) is 36.5 Å². The van der Waals surface area contributed by atoms with Crippen molar-refractivity contribution in [3.8, 4) is 5.75 Å². The summed E-state index contributed by atoms with van der Waals surface area (Å²) in [5.41, 5.74) is 2.20. The molecule has 2 aromatic carbocycles. The van der Waals surface area contributed by atoms with Crippen LogP contribution in [0.25, 0.3) is 0 Å². The maximum Gasteiger partial charge on any atom is 0.253 e. The molecular formula is C20H22N4O3. The standard InChI is InChI=1S/C20H22N4O3/c1-2-6-16(7-3-1)26-15-20-23-22-19(27-20)14-21-17-8-4-5-9-18(17)24-10-12-25-13-11-24/h1-9,21H,10-15H2. The van der Waals surface area contributed by atoms with E-state index in [1.54, 1.807) is 0 Å². The molecule has 0 bridgehead atoms. The first-order valence-electron chi connectivity index (χ1n) is 9.03. The molecule has 1 aliphatic heterocycles. The molecule has 0 radical (unpaired) electrons. The predicted octanol–water partition coefficient (Wildman–Crippen LogP) is 3.10. The molecule has 140 valence electrons. The van der Waals surface area contributed by atoms with Gasteiger partial charge in [0.15, 0.2) is 6.61 Å². The molecule has 1 aromatic heterocycles. The molecule has 27 heavy (non-hydrogen) atoms. The lowest BCUT2D eigenvalue weighted by Gasteiger charge is -2.30. The number of hydrogen-bond acceptors (Lipinski definition) is 7. The van der Waals surface area contributed by atoms with E-state index in [2.05, 4.69) is 32.5 Å². The Kier molecular flexibility index (Phi) is 5.50. The van der Waals surface area contributed by atoms with Gasteiger partial charge in [-0.3, -0.25) is 0 Å². The summed E-state index contributed by atoms with van der Waals surface area (Å²) in [6.45, 7) is 3.99. The highest BCUT2D eigenvalue weighted by Gasteiger charge is 2.15. The van der Waals surface area contributed by atoms with E-state index in [0.717, 1.165) is 43.4 Å². The van der Waals surface area contributed by atoms with E-state index in [0.29, 0.717) is 18.3 Å². The van der Waals surface area contributed by atoms with Gasteiger partial charge in [-0.15, -0.1) is 10.2 Å². The van der Waals surface area contributed by atoms with Gasteiger partial charge in [-0.1, -0.05) is 30.3 Å². The molecule has 0 aliphatic carbocycles. The molecule has 1 aliphatic rings. The number of morpholine rings is 1. The summed E-state index contributed by atoms with van der Waals surface area (Å²) in [4.78, 5) is 2.32. The van der Waals surface area contributed by atoms with Crippen LogP contribution < -0.4 is 15.0 Å². The normalized spacial score (nSPS) is 14.1. The number of ether oxygens (including phenoxy) is 2. The molecule has 0 unspecified atom stereocenters. The van der Waals surface area contributed by atoms with Crippen LogP contribution in [0.1, 0.15) is 11.8 Å². The van der Waals surface area contributed by atoms with Gasteiger partial charge in [0, 0.05) is 13.1 Å². The van der Waals surface area contributed by atoms with Crippen LogP contribution in [0, 0.1) is 0 Å². The molecule has 7 nitrogen and oxygen atoms in total. The Bertz CT molecular complexity index is 847. The Hall–Kier alpha value is -3.06. The molecule has 2 heterocycles. The minimum absolute atomic E-state index is 0.251. The van der Waals surface area contributed by atoms with Gasteiger partial charge in [-0.2, -0.15) is 0 Å². The largest absolute Gasteiger partial charge is 0.484 e. The van der Waals surface area contributed by atoms with E-state index in [9.17, 15) is 0 Å². The van der Waals surface area contributed by atoms with Gasteiger partial charge in [0.25, 0.3) is 5.89 Å². The number of nitrogens with one attached hydrogen (secondary N) is 1. The van der Waals surface area contributed by atoms with Crippen molar-refractivity contribution >= 4 is 11.4 Å². The van der Waals surface area contributed by atoms with Crippen molar-refractivity contribution in [3.05, 3.63) is 66.4 Å². The van der Waals surface area contributed by atoms with Crippen molar-refractivity contribution in [3.63, 3.8) is 0 Å². The van der Waals surface area contributed by atoms with E-state index >= 15 is 0 Å². The molecule has 0 amide bonds. The van der Waals surface area contributed by atoms with Gasteiger partial charge in [0.2, 0.25) is 5.89 Å². The van der Waals surface area contributed by atoms with Gasteiger partial charge < -0.3 is 24.1 Å². The summed E-state index contributed by atoms with van der Waals surface area (Å²) < 4.78 is 16.7.